The van der Waals surface area contributed by atoms with Crippen LogP contribution in [0.25, 0.3) is 0 Å². The van der Waals surface area contributed by atoms with Gasteiger partial charge in [-0.1, -0.05) is 73.5 Å². The lowest BCUT2D eigenvalue weighted by atomic mass is 9.78. The summed E-state index contributed by atoms with van der Waals surface area (Å²) < 4.78 is 6.99. The van der Waals surface area contributed by atoms with Crippen molar-refractivity contribution in [3.8, 4) is 11.8 Å². The van der Waals surface area contributed by atoms with Gasteiger partial charge in [-0.2, -0.15) is 0 Å². The largest absolute Gasteiger partial charge is 0.378 e. The minimum absolute atomic E-state index is 0.0727. The van der Waals surface area contributed by atoms with Gasteiger partial charge in [-0.3, -0.25) is 9.59 Å². The van der Waals surface area contributed by atoms with Crippen LogP contribution in [0.15, 0.2) is 103 Å². The van der Waals surface area contributed by atoms with E-state index in [2.05, 4.69) is 111 Å². The maximum absolute atomic E-state index is 13.7. The molecule has 8 heteroatoms. The molecule has 7 nitrogen and oxygen atoms in total. The van der Waals surface area contributed by atoms with Gasteiger partial charge in [0.25, 0.3) is 5.91 Å². The molecular formula is C45H44N4O3Si. The Bertz CT molecular complexity index is 2310. The third-order valence-corrected chi connectivity index (χ3v) is 14.7. The number of carbonyl (C=O) groups is 2. The Hall–Kier alpha value is -5.62. The molecule has 0 atom stereocenters. The van der Waals surface area contributed by atoms with Crippen molar-refractivity contribution in [3.63, 3.8) is 0 Å². The predicted molar refractivity (Wildman–Crippen MR) is 216 cm³/mol. The molecule has 0 saturated heterocycles. The van der Waals surface area contributed by atoms with Crippen molar-refractivity contribution in [3.05, 3.63) is 148 Å². The summed E-state index contributed by atoms with van der Waals surface area (Å²) in [5, 5.41) is 5.75. The highest BCUT2D eigenvalue weighted by Gasteiger charge is 2.53. The molecule has 3 aliphatic rings. The summed E-state index contributed by atoms with van der Waals surface area (Å²) in [4.78, 5) is 33.5. The Morgan fingerprint density at radius 3 is 2.04 bits per heavy atom. The second-order valence-corrected chi connectivity index (χ2v) is 19.5. The molecule has 266 valence electrons. The van der Waals surface area contributed by atoms with Crippen molar-refractivity contribution in [2.45, 2.75) is 38.3 Å². The maximum atomic E-state index is 13.7. The van der Waals surface area contributed by atoms with Crippen LogP contribution in [0.3, 0.4) is 0 Å². The first kappa shape index (κ1) is 34.5. The van der Waals surface area contributed by atoms with Crippen LogP contribution in [0.4, 0.5) is 17.1 Å². The van der Waals surface area contributed by atoms with E-state index in [1.807, 2.05) is 60.7 Å². The summed E-state index contributed by atoms with van der Waals surface area (Å²) in [6.45, 7) is 5.89. The fourth-order valence-electron chi connectivity index (χ4n) is 8.19. The summed E-state index contributed by atoms with van der Waals surface area (Å²) in [5.74, 6) is 6.23. The lowest BCUT2D eigenvalue weighted by Crippen LogP contribution is -2.63. The fourth-order valence-corrected chi connectivity index (χ4v) is 11.4. The van der Waals surface area contributed by atoms with E-state index in [1.165, 1.54) is 32.9 Å². The molecule has 0 aliphatic carbocycles. The van der Waals surface area contributed by atoms with Gasteiger partial charge < -0.3 is 24.8 Å². The number of anilines is 3. The molecular weight excluding hydrogens is 673 g/mol. The van der Waals surface area contributed by atoms with Crippen molar-refractivity contribution >= 4 is 47.3 Å². The number of carbonyl (C=O) groups excluding carboxylic acids is 2. The summed E-state index contributed by atoms with van der Waals surface area (Å²) in [5.41, 5.74) is 10.1. The highest BCUT2D eigenvalue weighted by Crippen LogP contribution is 2.49. The Morgan fingerprint density at radius 1 is 0.755 bits per heavy atom. The van der Waals surface area contributed by atoms with Crippen LogP contribution in [0.1, 0.15) is 55.7 Å². The molecule has 0 saturated carbocycles. The van der Waals surface area contributed by atoms with E-state index in [0.29, 0.717) is 18.7 Å². The van der Waals surface area contributed by atoms with Crippen LogP contribution in [-0.2, 0) is 28.3 Å². The number of ether oxygens (including phenoxy) is 1. The molecule has 3 aliphatic heterocycles. The molecule has 1 N–H and O–H groups in total. The van der Waals surface area contributed by atoms with E-state index in [4.69, 9.17) is 4.74 Å². The maximum Gasteiger partial charge on any atom is 0.251 e. The average Bonchev–Trinajstić information content (AvgIpc) is 3.53. The standard InChI is InChI=1S/C45H44N4O3Si/c1-47(2)35-18-21-38-41(26-35)53(5,6)42-27-36(48(3)4)19-22-39(42)45(38)37-20-17-32(25-34(37)29-52-45)44(51)46-24-23-43(50)49-28-33-13-8-7-11-30(33)15-16-31-12-9-10-14-40(31)49/h7-14,17-22,25-27H,23-24,28-29H2,1-6H3,(H,46,51). The van der Waals surface area contributed by atoms with Crippen molar-refractivity contribution in [2.24, 2.45) is 0 Å². The monoisotopic (exact) mass is 716 g/mol. The number of para-hydroxylation sites is 1. The van der Waals surface area contributed by atoms with Crippen LogP contribution in [0.2, 0.25) is 13.1 Å². The minimum Gasteiger partial charge on any atom is -0.378 e. The van der Waals surface area contributed by atoms with E-state index in [1.54, 1.807) is 4.90 Å². The molecule has 5 aromatic rings. The van der Waals surface area contributed by atoms with Gasteiger partial charge in [-0.25, -0.2) is 0 Å². The summed E-state index contributed by atoms with van der Waals surface area (Å²) in [6, 6.07) is 35.2. The van der Waals surface area contributed by atoms with Crippen molar-refractivity contribution in [2.75, 3.05) is 49.4 Å². The minimum atomic E-state index is -2.14. The lowest BCUT2D eigenvalue weighted by Gasteiger charge is -2.45. The SMILES string of the molecule is CN(C)c1ccc2c(c1)[Si](C)(C)c1cc(N(C)C)ccc1C21OCc2cc(C(=O)NCCC(=O)N3Cc4ccccc4C#Cc4ccccc43)ccc21. The zero-order chi connectivity index (χ0) is 37.1. The van der Waals surface area contributed by atoms with Gasteiger partial charge in [0.15, 0.2) is 0 Å². The van der Waals surface area contributed by atoms with Crippen LogP contribution in [0, 0.1) is 11.8 Å². The van der Waals surface area contributed by atoms with Gasteiger partial charge in [0, 0.05) is 69.2 Å². The zero-order valence-corrected chi connectivity index (χ0v) is 32.2. The van der Waals surface area contributed by atoms with E-state index in [-0.39, 0.29) is 24.8 Å². The second kappa shape index (κ2) is 13.1. The topological polar surface area (TPSA) is 65.1 Å². The van der Waals surface area contributed by atoms with Crippen molar-refractivity contribution in [1.29, 1.82) is 0 Å². The molecule has 3 heterocycles. The van der Waals surface area contributed by atoms with E-state index in [0.717, 1.165) is 33.5 Å². The number of fused-ring (bicyclic) bond motifs is 8. The molecule has 53 heavy (non-hydrogen) atoms. The van der Waals surface area contributed by atoms with Crippen LogP contribution in [0.5, 0.6) is 0 Å². The van der Waals surface area contributed by atoms with Crippen LogP contribution < -0.4 is 30.4 Å². The van der Waals surface area contributed by atoms with Crippen molar-refractivity contribution < 1.29 is 14.3 Å². The molecule has 5 aromatic carbocycles. The van der Waals surface area contributed by atoms with Crippen LogP contribution >= 0.6 is 0 Å². The molecule has 0 radical (unpaired) electrons. The first-order chi connectivity index (χ1) is 25.5. The van der Waals surface area contributed by atoms with Gasteiger partial charge in [0.05, 0.1) is 18.8 Å². The number of nitrogens with one attached hydrogen (secondary N) is 1. The molecule has 8 rings (SSSR count). The van der Waals surface area contributed by atoms with Gasteiger partial charge in [-0.05, 0) is 92.8 Å². The first-order valence-corrected chi connectivity index (χ1v) is 21.2. The molecule has 0 fully saturated rings. The van der Waals surface area contributed by atoms with Gasteiger partial charge in [0.2, 0.25) is 5.91 Å². The first-order valence-electron chi connectivity index (χ1n) is 18.2. The summed E-state index contributed by atoms with van der Waals surface area (Å²) >= 11 is 0. The Labute approximate surface area is 313 Å². The molecule has 0 aromatic heterocycles. The number of rotatable bonds is 6. The van der Waals surface area contributed by atoms with Gasteiger partial charge in [-0.15, -0.1) is 0 Å². The summed E-state index contributed by atoms with van der Waals surface area (Å²) in [6.07, 6.45) is 0.157. The second-order valence-electron chi connectivity index (χ2n) is 15.1. The number of benzene rings is 5. The van der Waals surface area contributed by atoms with E-state index >= 15 is 0 Å². The third-order valence-electron chi connectivity index (χ3n) is 11.1. The van der Waals surface area contributed by atoms with Gasteiger partial charge in [0.1, 0.15) is 13.7 Å². The summed E-state index contributed by atoms with van der Waals surface area (Å²) in [7, 11) is 6.19. The lowest BCUT2D eigenvalue weighted by molar-refractivity contribution is -0.118. The number of nitrogens with zero attached hydrogens (tertiary/aromatic N) is 3. The normalized spacial score (nSPS) is 15.3. The molecule has 2 amide bonds. The van der Waals surface area contributed by atoms with Crippen molar-refractivity contribution in [1.82, 2.24) is 5.32 Å². The van der Waals surface area contributed by atoms with E-state index in [9.17, 15) is 9.59 Å². The van der Waals surface area contributed by atoms with E-state index < -0.39 is 13.7 Å². The van der Waals surface area contributed by atoms with Gasteiger partial charge >= 0.3 is 0 Å². The highest BCUT2D eigenvalue weighted by molar-refractivity contribution is 7.01. The third kappa shape index (κ3) is 5.72. The quantitative estimate of drug-likeness (QED) is 0.177. The predicted octanol–water partition coefficient (Wildman–Crippen LogP) is 5.84. The number of hydrogen-bond donors (Lipinski definition) is 1. The molecule has 0 unspecified atom stereocenters. The zero-order valence-electron chi connectivity index (χ0n) is 31.2. The number of hydrogen-bond acceptors (Lipinski definition) is 5. The van der Waals surface area contributed by atoms with Crippen LogP contribution in [-0.4, -0.2) is 54.6 Å². The average molecular weight is 717 g/mol. The smallest absolute Gasteiger partial charge is 0.251 e. The Balaban J connectivity index is 1.06. The Morgan fingerprint density at radius 2 is 1.36 bits per heavy atom. The Kier molecular flexibility index (Phi) is 8.52. The number of amides is 2. The molecule has 1 spiro atoms. The molecule has 0 bridgehead atoms. The highest BCUT2D eigenvalue weighted by atomic mass is 28.3. The fraction of sp³-hybridized carbons (Fsp3) is 0.244.